The molecule has 6 heteroatoms. The molecule has 1 aliphatic heterocycles. The molecule has 0 aromatic carbocycles. The van der Waals surface area contributed by atoms with Gasteiger partial charge in [0.2, 0.25) is 0 Å². The minimum absolute atomic E-state index is 0.0369. The van der Waals surface area contributed by atoms with Crippen LogP contribution in [0.25, 0.3) is 0 Å². The first kappa shape index (κ1) is 11.7. The summed E-state index contributed by atoms with van der Waals surface area (Å²) in [6.07, 6.45) is -5.89. The van der Waals surface area contributed by atoms with Crippen molar-refractivity contribution >= 4 is 0 Å². The third-order valence-electron chi connectivity index (χ3n) is 2.60. The maximum Gasteiger partial charge on any atom is 0.414 e. The van der Waals surface area contributed by atoms with Gasteiger partial charge in [0.15, 0.2) is 6.10 Å². The Morgan fingerprint density at radius 1 is 1.57 bits per heavy atom. The fraction of sp³-hybridized carbons (Fsp3) is 1.00. The van der Waals surface area contributed by atoms with Crippen LogP contribution >= 0.6 is 0 Å². The lowest BCUT2D eigenvalue weighted by molar-refractivity contribution is -0.254. The fourth-order valence-corrected chi connectivity index (χ4v) is 1.55. The maximum atomic E-state index is 12.3. The van der Waals surface area contributed by atoms with Crippen LogP contribution in [0.15, 0.2) is 0 Å². The van der Waals surface area contributed by atoms with E-state index in [1.165, 1.54) is 7.11 Å². The van der Waals surface area contributed by atoms with Gasteiger partial charge >= 0.3 is 6.18 Å². The molecule has 84 valence electrons. The van der Waals surface area contributed by atoms with E-state index in [1.807, 2.05) is 0 Å². The van der Waals surface area contributed by atoms with E-state index in [2.05, 4.69) is 4.74 Å². The molecular formula is C8H14F3NO2. The standard InChI is InChI=1S/C8H14F3NO2/c1-13-7(5-12)2-3-14-6(4-7)8(9,10)11/h6H,2-5,12H2,1H3. The summed E-state index contributed by atoms with van der Waals surface area (Å²) in [5.74, 6) is 0. The SMILES string of the molecule is COC1(CN)CCOC(C(F)(F)F)C1. The Kier molecular flexibility index (Phi) is 3.39. The summed E-state index contributed by atoms with van der Waals surface area (Å²) in [7, 11) is 1.38. The highest BCUT2D eigenvalue weighted by atomic mass is 19.4. The van der Waals surface area contributed by atoms with Gasteiger partial charge in [0.25, 0.3) is 0 Å². The molecule has 0 aromatic rings. The fourth-order valence-electron chi connectivity index (χ4n) is 1.55. The molecule has 2 atom stereocenters. The van der Waals surface area contributed by atoms with E-state index < -0.39 is 17.9 Å². The van der Waals surface area contributed by atoms with Gasteiger partial charge in [0, 0.05) is 26.5 Å². The number of ether oxygens (including phenoxy) is 2. The van der Waals surface area contributed by atoms with E-state index in [0.29, 0.717) is 6.42 Å². The largest absolute Gasteiger partial charge is 0.414 e. The molecule has 2 unspecified atom stereocenters. The maximum absolute atomic E-state index is 12.3. The Labute approximate surface area is 80.4 Å². The quantitative estimate of drug-likeness (QED) is 0.746. The van der Waals surface area contributed by atoms with E-state index in [9.17, 15) is 13.2 Å². The predicted octanol–water partition coefficient (Wildman–Crippen LogP) is 1.07. The smallest absolute Gasteiger partial charge is 0.377 e. The molecule has 0 aromatic heterocycles. The summed E-state index contributed by atoms with van der Waals surface area (Å²) in [4.78, 5) is 0. The predicted molar refractivity (Wildman–Crippen MR) is 43.8 cm³/mol. The van der Waals surface area contributed by atoms with Crippen LogP contribution in [0.4, 0.5) is 13.2 Å². The first-order valence-corrected chi connectivity index (χ1v) is 4.37. The Morgan fingerprint density at radius 2 is 2.21 bits per heavy atom. The van der Waals surface area contributed by atoms with Crippen molar-refractivity contribution in [1.82, 2.24) is 0 Å². The van der Waals surface area contributed by atoms with Crippen LogP contribution in [-0.4, -0.2) is 38.1 Å². The molecule has 1 heterocycles. The van der Waals surface area contributed by atoms with Crippen LogP contribution < -0.4 is 5.73 Å². The average Bonchev–Trinajstić information content (AvgIpc) is 2.16. The van der Waals surface area contributed by atoms with Crippen LogP contribution in [0, 0.1) is 0 Å². The van der Waals surface area contributed by atoms with Gasteiger partial charge in [-0.05, 0) is 0 Å². The zero-order chi connectivity index (χ0) is 10.8. The van der Waals surface area contributed by atoms with E-state index >= 15 is 0 Å². The summed E-state index contributed by atoms with van der Waals surface area (Å²) >= 11 is 0. The van der Waals surface area contributed by atoms with Gasteiger partial charge in [-0.3, -0.25) is 0 Å². The summed E-state index contributed by atoms with van der Waals surface area (Å²) < 4.78 is 46.7. The van der Waals surface area contributed by atoms with Gasteiger partial charge in [0.05, 0.1) is 12.2 Å². The van der Waals surface area contributed by atoms with Gasteiger partial charge in [0.1, 0.15) is 0 Å². The molecule has 14 heavy (non-hydrogen) atoms. The third-order valence-corrected chi connectivity index (χ3v) is 2.60. The number of halogens is 3. The molecular weight excluding hydrogens is 199 g/mol. The van der Waals surface area contributed by atoms with E-state index in [-0.39, 0.29) is 19.6 Å². The van der Waals surface area contributed by atoms with Crippen LogP contribution in [0.1, 0.15) is 12.8 Å². The Bertz CT molecular complexity index is 192. The van der Waals surface area contributed by atoms with Crippen molar-refractivity contribution < 1.29 is 22.6 Å². The molecule has 1 aliphatic rings. The second kappa shape index (κ2) is 4.04. The number of hydrogen-bond donors (Lipinski definition) is 1. The summed E-state index contributed by atoms with van der Waals surface area (Å²) in [6, 6.07) is 0. The van der Waals surface area contributed by atoms with Crippen molar-refractivity contribution in [3.05, 3.63) is 0 Å². The van der Waals surface area contributed by atoms with Gasteiger partial charge in [-0.25, -0.2) is 0 Å². The topological polar surface area (TPSA) is 44.5 Å². The molecule has 0 bridgehead atoms. The molecule has 1 saturated heterocycles. The van der Waals surface area contributed by atoms with Crippen molar-refractivity contribution in [2.24, 2.45) is 5.73 Å². The Hall–Kier alpha value is -0.330. The number of hydrogen-bond acceptors (Lipinski definition) is 3. The van der Waals surface area contributed by atoms with Crippen LogP contribution in [0.2, 0.25) is 0 Å². The van der Waals surface area contributed by atoms with Gasteiger partial charge in [-0.2, -0.15) is 13.2 Å². The van der Waals surface area contributed by atoms with E-state index in [0.717, 1.165) is 0 Å². The van der Waals surface area contributed by atoms with Crippen LogP contribution in [-0.2, 0) is 9.47 Å². The van der Waals surface area contributed by atoms with Gasteiger partial charge in [-0.1, -0.05) is 0 Å². The van der Waals surface area contributed by atoms with Crippen molar-refractivity contribution in [3.8, 4) is 0 Å². The Balaban J connectivity index is 2.68. The molecule has 2 N–H and O–H groups in total. The van der Waals surface area contributed by atoms with Crippen LogP contribution in [0.3, 0.4) is 0 Å². The highest BCUT2D eigenvalue weighted by Crippen LogP contribution is 2.35. The summed E-state index contributed by atoms with van der Waals surface area (Å²) in [6.45, 7) is 0.120. The zero-order valence-corrected chi connectivity index (χ0v) is 7.93. The van der Waals surface area contributed by atoms with Crippen molar-refractivity contribution in [2.45, 2.75) is 30.7 Å². The number of nitrogens with two attached hydrogens (primary N) is 1. The molecule has 0 saturated carbocycles. The Morgan fingerprint density at radius 3 is 2.64 bits per heavy atom. The second-order valence-corrected chi connectivity index (χ2v) is 3.45. The molecule has 1 fully saturated rings. The summed E-state index contributed by atoms with van der Waals surface area (Å²) in [5, 5.41) is 0. The first-order chi connectivity index (χ1) is 6.43. The van der Waals surface area contributed by atoms with E-state index in [1.54, 1.807) is 0 Å². The minimum atomic E-state index is -4.33. The van der Waals surface area contributed by atoms with Gasteiger partial charge in [-0.15, -0.1) is 0 Å². The molecule has 0 spiro atoms. The number of rotatable bonds is 2. The zero-order valence-electron chi connectivity index (χ0n) is 7.93. The van der Waals surface area contributed by atoms with Crippen molar-refractivity contribution in [2.75, 3.05) is 20.3 Å². The lowest BCUT2D eigenvalue weighted by Gasteiger charge is -2.39. The highest BCUT2D eigenvalue weighted by molar-refractivity contribution is 4.90. The molecule has 0 aliphatic carbocycles. The average molecular weight is 213 g/mol. The lowest BCUT2D eigenvalue weighted by atomic mass is 9.90. The molecule has 0 amide bonds. The third kappa shape index (κ3) is 2.37. The molecule has 0 radical (unpaired) electrons. The normalized spacial score (nSPS) is 34.5. The highest BCUT2D eigenvalue weighted by Gasteiger charge is 2.48. The summed E-state index contributed by atoms with van der Waals surface area (Å²) in [5.41, 5.74) is 4.53. The lowest BCUT2D eigenvalue weighted by Crippen LogP contribution is -2.51. The number of alkyl halides is 3. The first-order valence-electron chi connectivity index (χ1n) is 4.37. The monoisotopic (exact) mass is 213 g/mol. The minimum Gasteiger partial charge on any atom is -0.377 e. The van der Waals surface area contributed by atoms with E-state index in [4.69, 9.17) is 10.5 Å². The van der Waals surface area contributed by atoms with Crippen LogP contribution in [0.5, 0.6) is 0 Å². The number of methoxy groups -OCH3 is 1. The van der Waals surface area contributed by atoms with Gasteiger partial charge < -0.3 is 15.2 Å². The van der Waals surface area contributed by atoms with Crippen molar-refractivity contribution in [1.29, 1.82) is 0 Å². The second-order valence-electron chi connectivity index (χ2n) is 3.45. The molecule has 3 nitrogen and oxygen atoms in total. The molecule has 1 rings (SSSR count). The van der Waals surface area contributed by atoms with Crippen molar-refractivity contribution in [3.63, 3.8) is 0 Å².